The van der Waals surface area contributed by atoms with Gasteiger partial charge in [0.1, 0.15) is 5.75 Å². The van der Waals surface area contributed by atoms with E-state index in [0.29, 0.717) is 35.7 Å². The molecule has 7 heteroatoms. The van der Waals surface area contributed by atoms with Gasteiger partial charge in [-0.2, -0.15) is 0 Å². The molecule has 0 radical (unpaired) electrons. The van der Waals surface area contributed by atoms with Crippen LogP contribution in [-0.4, -0.2) is 23.5 Å². The second-order valence-corrected chi connectivity index (χ2v) is 7.83. The Morgan fingerprint density at radius 1 is 0.939 bits per heavy atom. The van der Waals surface area contributed by atoms with Crippen LogP contribution in [0.3, 0.4) is 0 Å². The number of benzene rings is 3. The second kappa shape index (κ2) is 11.8. The van der Waals surface area contributed by atoms with Gasteiger partial charge < -0.3 is 15.4 Å². The summed E-state index contributed by atoms with van der Waals surface area (Å²) in [5, 5.41) is 8.69. The van der Waals surface area contributed by atoms with E-state index >= 15 is 0 Å². The van der Waals surface area contributed by atoms with Crippen molar-refractivity contribution >= 4 is 40.5 Å². The maximum atomic E-state index is 12.8. The quantitative estimate of drug-likeness (QED) is 0.407. The zero-order valence-corrected chi connectivity index (χ0v) is 19.5. The minimum Gasteiger partial charge on any atom is -0.492 e. The number of thiocarbonyl (C=S) groups is 1. The van der Waals surface area contributed by atoms with Crippen molar-refractivity contribution in [2.24, 2.45) is 0 Å². The SMILES string of the molecule is CCC(=O)Nc1cc(NC(=S)NC(=O)c2ccccc2OCCc2ccccc2)ccc1C. The van der Waals surface area contributed by atoms with Crippen molar-refractivity contribution in [3.05, 3.63) is 89.5 Å². The molecule has 3 N–H and O–H groups in total. The highest BCUT2D eigenvalue weighted by Crippen LogP contribution is 2.21. The predicted molar refractivity (Wildman–Crippen MR) is 136 cm³/mol. The van der Waals surface area contributed by atoms with E-state index in [4.69, 9.17) is 17.0 Å². The highest BCUT2D eigenvalue weighted by Gasteiger charge is 2.14. The fraction of sp³-hybridized carbons (Fsp3) is 0.192. The number of carbonyl (C=O) groups excluding carboxylic acids is 2. The molecule has 0 spiro atoms. The van der Waals surface area contributed by atoms with Crippen LogP contribution in [-0.2, 0) is 11.2 Å². The van der Waals surface area contributed by atoms with E-state index in [-0.39, 0.29) is 16.9 Å². The summed E-state index contributed by atoms with van der Waals surface area (Å²) < 4.78 is 5.87. The van der Waals surface area contributed by atoms with Crippen LogP contribution in [0.1, 0.15) is 34.8 Å². The molecule has 3 aromatic rings. The number of hydrogen-bond acceptors (Lipinski definition) is 4. The molecule has 0 unspecified atom stereocenters. The zero-order valence-electron chi connectivity index (χ0n) is 18.7. The summed E-state index contributed by atoms with van der Waals surface area (Å²) in [6, 6.07) is 22.6. The normalized spacial score (nSPS) is 10.2. The fourth-order valence-corrected chi connectivity index (χ4v) is 3.32. The Balaban J connectivity index is 1.60. The summed E-state index contributed by atoms with van der Waals surface area (Å²) in [5.74, 6) is 0.0538. The van der Waals surface area contributed by atoms with Crippen molar-refractivity contribution in [3.8, 4) is 5.75 Å². The van der Waals surface area contributed by atoms with Crippen molar-refractivity contribution < 1.29 is 14.3 Å². The van der Waals surface area contributed by atoms with Gasteiger partial charge in [0.15, 0.2) is 5.11 Å². The van der Waals surface area contributed by atoms with Gasteiger partial charge in [0.25, 0.3) is 5.91 Å². The number of anilines is 2. The smallest absolute Gasteiger partial charge is 0.261 e. The number of nitrogens with one attached hydrogen (secondary N) is 3. The number of ether oxygens (including phenoxy) is 1. The third kappa shape index (κ3) is 7.15. The van der Waals surface area contributed by atoms with Crippen molar-refractivity contribution in [2.75, 3.05) is 17.2 Å². The van der Waals surface area contributed by atoms with Crippen molar-refractivity contribution in [3.63, 3.8) is 0 Å². The highest BCUT2D eigenvalue weighted by molar-refractivity contribution is 7.80. The van der Waals surface area contributed by atoms with Crippen LogP contribution in [0.4, 0.5) is 11.4 Å². The van der Waals surface area contributed by atoms with Crippen LogP contribution >= 0.6 is 12.2 Å². The average molecular weight is 462 g/mol. The van der Waals surface area contributed by atoms with Crippen LogP contribution in [0.25, 0.3) is 0 Å². The maximum Gasteiger partial charge on any atom is 0.261 e. The molecule has 0 aliphatic heterocycles. The lowest BCUT2D eigenvalue weighted by Gasteiger charge is -2.14. The van der Waals surface area contributed by atoms with E-state index in [1.807, 2.05) is 55.5 Å². The predicted octanol–water partition coefficient (Wildman–Crippen LogP) is 5.09. The molecule has 0 fully saturated rings. The summed E-state index contributed by atoms with van der Waals surface area (Å²) in [7, 11) is 0. The van der Waals surface area contributed by atoms with E-state index in [1.165, 1.54) is 0 Å². The van der Waals surface area contributed by atoms with Crippen LogP contribution in [0.15, 0.2) is 72.8 Å². The molecular weight excluding hydrogens is 434 g/mol. The van der Waals surface area contributed by atoms with Gasteiger partial charge in [-0.1, -0.05) is 55.5 Å². The number of hydrogen-bond donors (Lipinski definition) is 3. The summed E-state index contributed by atoms with van der Waals surface area (Å²) in [4.78, 5) is 24.6. The Hall–Kier alpha value is -3.71. The number of para-hydroxylation sites is 1. The standard InChI is InChI=1S/C26H27N3O3S/c1-3-24(30)28-22-17-20(14-13-18(22)2)27-26(33)29-25(31)21-11-7-8-12-23(21)32-16-15-19-9-5-4-6-10-19/h4-14,17H,3,15-16H2,1-2H3,(H,28,30)(H2,27,29,31,33). The molecule has 0 aliphatic carbocycles. The molecule has 0 aromatic heterocycles. The topological polar surface area (TPSA) is 79.5 Å². The van der Waals surface area contributed by atoms with Gasteiger partial charge in [-0.05, 0) is 54.5 Å². The first-order chi connectivity index (χ1) is 16.0. The number of carbonyl (C=O) groups is 2. The Labute approximate surface area is 199 Å². The molecule has 0 saturated heterocycles. The minimum atomic E-state index is -0.366. The zero-order chi connectivity index (χ0) is 23.6. The van der Waals surface area contributed by atoms with Crippen LogP contribution in [0.5, 0.6) is 5.75 Å². The lowest BCUT2D eigenvalue weighted by molar-refractivity contribution is -0.115. The van der Waals surface area contributed by atoms with Gasteiger partial charge >= 0.3 is 0 Å². The lowest BCUT2D eigenvalue weighted by atomic mass is 10.1. The molecule has 6 nitrogen and oxygen atoms in total. The Kier molecular flexibility index (Phi) is 8.55. The van der Waals surface area contributed by atoms with E-state index < -0.39 is 0 Å². The minimum absolute atomic E-state index is 0.0741. The van der Waals surface area contributed by atoms with Crippen LogP contribution in [0.2, 0.25) is 0 Å². The van der Waals surface area contributed by atoms with E-state index in [2.05, 4.69) is 16.0 Å². The third-order valence-electron chi connectivity index (χ3n) is 4.94. The molecule has 0 heterocycles. The molecule has 2 amide bonds. The lowest BCUT2D eigenvalue weighted by Crippen LogP contribution is -2.34. The van der Waals surface area contributed by atoms with Gasteiger partial charge in [0, 0.05) is 24.2 Å². The van der Waals surface area contributed by atoms with Crippen molar-refractivity contribution in [1.29, 1.82) is 0 Å². The highest BCUT2D eigenvalue weighted by atomic mass is 32.1. The van der Waals surface area contributed by atoms with Crippen molar-refractivity contribution in [1.82, 2.24) is 5.32 Å². The maximum absolute atomic E-state index is 12.8. The fourth-order valence-electron chi connectivity index (χ4n) is 3.11. The first-order valence-corrected chi connectivity index (χ1v) is 11.2. The summed E-state index contributed by atoms with van der Waals surface area (Å²) in [6.07, 6.45) is 1.12. The Bertz CT molecular complexity index is 1130. The van der Waals surface area contributed by atoms with Gasteiger partial charge in [-0.15, -0.1) is 0 Å². The van der Waals surface area contributed by atoms with E-state index in [1.54, 1.807) is 31.2 Å². The van der Waals surface area contributed by atoms with Crippen LogP contribution in [0, 0.1) is 6.92 Å². The molecule has 170 valence electrons. The molecule has 0 atom stereocenters. The summed E-state index contributed by atoms with van der Waals surface area (Å²) in [6.45, 7) is 4.15. The largest absolute Gasteiger partial charge is 0.492 e. The van der Waals surface area contributed by atoms with E-state index in [0.717, 1.165) is 17.5 Å². The monoisotopic (exact) mass is 461 g/mol. The number of rotatable bonds is 8. The Morgan fingerprint density at radius 3 is 2.42 bits per heavy atom. The van der Waals surface area contributed by atoms with Crippen LogP contribution < -0.4 is 20.7 Å². The third-order valence-corrected chi connectivity index (χ3v) is 5.14. The molecule has 0 aliphatic rings. The Morgan fingerprint density at radius 2 is 1.67 bits per heavy atom. The van der Waals surface area contributed by atoms with Gasteiger partial charge in [0.05, 0.1) is 12.2 Å². The first-order valence-electron chi connectivity index (χ1n) is 10.7. The molecular formula is C26H27N3O3S. The molecule has 0 bridgehead atoms. The molecule has 33 heavy (non-hydrogen) atoms. The summed E-state index contributed by atoms with van der Waals surface area (Å²) in [5.41, 5.74) is 3.84. The van der Waals surface area contributed by atoms with Crippen molar-refractivity contribution in [2.45, 2.75) is 26.7 Å². The van der Waals surface area contributed by atoms with Gasteiger partial charge in [-0.25, -0.2) is 0 Å². The number of amides is 2. The van der Waals surface area contributed by atoms with Gasteiger partial charge in [-0.3, -0.25) is 14.9 Å². The second-order valence-electron chi connectivity index (χ2n) is 7.42. The molecule has 3 rings (SSSR count). The first kappa shape index (κ1) is 23.9. The summed E-state index contributed by atoms with van der Waals surface area (Å²) >= 11 is 5.32. The number of aryl methyl sites for hydroxylation is 1. The van der Waals surface area contributed by atoms with E-state index in [9.17, 15) is 9.59 Å². The average Bonchev–Trinajstić information content (AvgIpc) is 2.82. The molecule has 0 saturated carbocycles. The van der Waals surface area contributed by atoms with Gasteiger partial charge in [0.2, 0.25) is 5.91 Å². The molecule has 3 aromatic carbocycles.